The van der Waals surface area contributed by atoms with E-state index in [1.165, 1.54) is 12.1 Å². The molecule has 0 bridgehead atoms. The molecular weight excluding hydrogens is 256 g/mol. The second-order valence-electron chi connectivity index (χ2n) is 4.26. The van der Waals surface area contributed by atoms with Crippen molar-refractivity contribution in [1.82, 2.24) is 10.2 Å². The van der Waals surface area contributed by atoms with Crippen molar-refractivity contribution < 1.29 is 9.90 Å². The Labute approximate surface area is 115 Å². The molecule has 0 amide bonds. The molecule has 0 atom stereocenters. The maximum Gasteiger partial charge on any atom is 0.335 e. The van der Waals surface area contributed by atoms with Gasteiger partial charge in [-0.25, -0.2) is 4.79 Å². The third-order valence-corrected chi connectivity index (χ3v) is 2.94. The molecule has 20 heavy (non-hydrogen) atoms. The summed E-state index contributed by atoms with van der Waals surface area (Å²) in [7, 11) is 0. The molecule has 100 valence electrons. The maximum atomic E-state index is 10.9. The number of hydrogen-bond donors (Lipinski definition) is 2. The lowest BCUT2D eigenvalue weighted by molar-refractivity contribution is 0.0697. The van der Waals surface area contributed by atoms with E-state index in [1.54, 1.807) is 26.0 Å². The zero-order valence-electron chi connectivity index (χ0n) is 11.0. The van der Waals surface area contributed by atoms with E-state index in [-0.39, 0.29) is 5.56 Å². The molecule has 2 N–H and O–H groups in total. The normalized spacial score (nSPS) is 9.85. The fourth-order valence-electron chi connectivity index (χ4n) is 1.70. The Morgan fingerprint density at radius 3 is 2.75 bits per heavy atom. The lowest BCUT2D eigenvalue weighted by Crippen LogP contribution is -2.04. The lowest BCUT2D eigenvalue weighted by Gasteiger charge is -2.09. The number of benzene rings is 1. The highest BCUT2D eigenvalue weighted by atomic mass is 16.4. The smallest absolute Gasteiger partial charge is 0.335 e. The van der Waals surface area contributed by atoms with Gasteiger partial charge in [0.1, 0.15) is 11.6 Å². The summed E-state index contributed by atoms with van der Waals surface area (Å²) in [6, 6.07) is 8.36. The average molecular weight is 268 g/mol. The van der Waals surface area contributed by atoms with Gasteiger partial charge < -0.3 is 10.4 Å². The van der Waals surface area contributed by atoms with Crippen LogP contribution in [0.1, 0.15) is 27.2 Å². The molecule has 2 rings (SSSR count). The van der Waals surface area contributed by atoms with Gasteiger partial charge in [-0.2, -0.15) is 10.4 Å². The highest BCUT2D eigenvalue weighted by Crippen LogP contribution is 2.22. The van der Waals surface area contributed by atoms with E-state index in [0.29, 0.717) is 22.8 Å². The van der Waals surface area contributed by atoms with Crippen molar-refractivity contribution in [2.75, 3.05) is 5.32 Å². The van der Waals surface area contributed by atoms with E-state index in [4.69, 9.17) is 5.11 Å². The first kappa shape index (κ1) is 13.5. The molecule has 6 heteroatoms. The molecule has 0 aliphatic heterocycles. The largest absolute Gasteiger partial charge is 0.478 e. The van der Waals surface area contributed by atoms with Crippen molar-refractivity contribution in [3.05, 3.63) is 46.6 Å². The van der Waals surface area contributed by atoms with Crippen LogP contribution in [0.15, 0.2) is 24.3 Å². The summed E-state index contributed by atoms with van der Waals surface area (Å²) in [5, 5.41) is 29.0. The molecule has 0 spiro atoms. The van der Waals surface area contributed by atoms with E-state index < -0.39 is 5.97 Å². The topological polar surface area (TPSA) is 98.9 Å². The molecule has 0 unspecified atom stereocenters. The SMILES string of the molecule is Cc1nnc(Nc2cccc(C(=O)O)c2)c(C#N)c1C. The van der Waals surface area contributed by atoms with Crippen LogP contribution in [0.3, 0.4) is 0 Å². The molecule has 0 saturated heterocycles. The number of carbonyl (C=O) groups is 1. The summed E-state index contributed by atoms with van der Waals surface area (Å²) in [5.41, 5.74) is 2.54. The van der Waals surface area contributed by atoms with Gasteiger partial charge in [-0.15, -0.1) is 5.10 Å². The van der Waals surface area contributed by atoms with Gasteiger partial charge in [0.25, 0.3) is 0 Å². The molecule has 1 heterocycles. The van der Waals surface area contributed by atoms with Crippen LogP contribution >= 0.6 is 0 Å². The zero-order valence-corrected chi connectivity index (χ0v) is 11.0. The number of carboxylic acids is 1. The van der Waals surface area contributed by atoms with Crippen molar-refractivity contribution in [1.29, 1.82) is 5.26 Å². The van der Waals surface area contributed by atoms with Crippen LogP contribution in [0.25, 0.3) is 0 Å². The van der Waals surface area contributed by atoms with Gasteiger partial charge in [-0.3, -0.25) is 0 Å². The number of hydrogen-bond acceptors (Lipinski definition) is 5. The Kier molecular flexibility index (Phi) is 3.62. The van der Waals surface area contributed by atoms with Crippen molar-refractivity contribution >= 4 is 17.5 Å². The predicted molar refractivity (Wildman–Crippen MR) is 72.9 cm³/mol. The van der Waals surface area contributed by atoms with Gasteiger partial charge >= 0.3 is 5.97 Å². The maximum absolute atomic E-state index is 10.9. The molecule has 2 aromatic rings. The monoisotopic (exact) mass is 268 g/mol. The standard InChI is InChI=1S/C14H12N4O2/c1-8-9(2)17-18-13(12(8)7-15)16-11-5-3-4-10(6-11)14(19)20/h3-6H,1-2H3,(H,16,18)(H,19,20). The third-order valence-electron chi connectivity index (χ3n) is 2.94. The van der Waals surface area contributed by atoms with Gasteiger partial charge in [-0.1, -0.05) is 6.07 Å². The number of aromatic carboxylic acids is 1. The highest BCUT2D eigenvalue weighted by Gasteiger charge is 2.11. The fourth-order valence-corrected chi connectivity index (χ4v) is 1.70. The van der Waals surface area contributed by atoms with Crippen molar-refractivity contribution in [2.24, 2.45) is 0 Å². The van der Waals surface area contributed by atoms with E-state index in [9.17, 15) is 10.1 Å². The molecule has 0 aliphatic rings. The highest BCUT2D eigenvalue weighted by molar-refractivity contribution is 5.89. The van der Waals surface area contributed by atoms with Gasteiger partial charge in [0.05, 0.1) is 11.3 Å². The molecular formula is C14H12N4O2. The van der Waals surface area contributed by atoms with Crippen LogP contribution in [0.2, 0.25) is 0 Å². The Balaban J connectivity index is 2.41. The molecule has 6 nitrogen and oxygen atoms in total. The predicted octanol–water partition coefficient (Wildman–Crippen LogP) is 2.41. The molecule has 0 aliphatic carbocycles. The van der Waals surface area contributed by atoms with Crippen molar-refractivity contribution in [3.63, 3.8) is 0 Å². The van der Waals surface area contributed by atoms with Crippen LogP contribution in [0.4, 0.5) is 11.5 Å². The van der Waals surface area contributed by atoms with Gasteiger partial charge in [0.15, 0.2) is 5.82 Å². The van der Waals surface area contributed by atoms with Crippen LogP contribution in [-0.2, 0) is 0 Å². The first-order chi connectivity index (χ1) is 9.52. The minimum atomic E-state index is -1.01. The summed E-state index contributed by atoms with van der Waals surface area (Å²) in [6.45, 7) is 3.57. The number of nitrogens with zero attached hydrogens (tertiary/aromatic N) is 3. The van der Waals surface area contributed by atoms with Gasteiger partial charge in [0, 0.05) is 5.69 Å². The quantitative estimate of drug-likeness (QED) is 0.886. The van der Waals surface area contributed by atoms with Crippen molar-refractivity contribution in [3.8, 4) is 6.07 Å². The first-order valence-electron chi connectivity index (χ1n) is 5.87. The molecule has 0 saturated carbocycles. The number of aromatic nitrogens is 2. The molecule has 1 aromatic heterocycles. The van der Waals surface area contributed by atoms with Crippen LogP contribution < -0.4 is 5.32 Å². The zero-order chi connectivity index (χ0) is 14.7. The van der Waals surface area contributed by atoms with E-state index >= 15 is 0 Å². The van der Waals surface area contributed by atoms with Crippen LogP contribution in [-0.4, -0.2) is 21.3 Å². The van der Waals surface area contributed by atoms with E-state index in [0.717, 1.165) is 5.56 Å². The summed E-state index contributed by atoms with van der Waals surface area (Å²) in [4.78, 5) is 10.9. The van der Waals surface area contributed by atoms with Gasteiger partial charge in [-0.05, 0) is 37.6 Å². The second-order valence-corrected chi connectivity index (χ2v) is 4.26. The summed E-state index contributed by atoms with van der Waals surface area (Å²) < 4.78 is 0. The Morgan fingerprint density at radius 2 is 2.10 bits per heavy atom. The number of rotatable bonds is 3. The van der Waals surface area contributed by atoms with E-state index in [2.05, 4.69) is 21.6 Å². The summed E-state index contributed by atoms with van der Waals surface area (Å²) in [6.07, 6.45) is 0. The summed E-state index contributed by atoms with van der Waals surface area (Å²) in [5.74, 6) is -0.696. The number of anilines is 2. The lowest BCUT2D eigenvalue weighted by atomic mass is 10.1. The minimum Gasteiger partial charge on any atom is -0.478 e. The molecule has 1 aromatic carbocycles. The Hall–Kier alpha value is -2.94. The number of aryl methyl sites for hydroxylation is 1. The van der Waals surface area contributed by atoms with Crippen LogP contribution in [0, 0.1) is 25.2 Å². The number of nitriles is 1. The summed E-state index contributed by atoms with van der Waals surface area (Å²) >= 11 is 0. The second kappa shape index (κ2) is 5.36. The number of nitrogens with one attached hydrogen (secondary N) is 1. The first-order valence-corrected chi connectivity index (χ1v) is 5.87. The molecule has 0 fully saturated rings. The van der Waals surface area contributed by atoms with E-state index in [1.807, 2.05) is 0 Å². The molecule has 0 radical (unpaired) electrons. The average Bonchev–Trinajstić information content (AvgIpc) is 2.43. The Bertz CT molecular complexity index is 720. The minimum absolute atomic E-state index is 0.158. The third kappa shape index (κ3) is 2.57. The fraction of sp³-hybridized carbons (Fsp3) is 0.143. The van der Waals surface area contributed by atoms with Crippen molar-refractivity contribution in [2.45, 2.75) is 13.8 Å². The van der Waals surface area contributed by atoms with Gasteiger partial charge in [0.2, 0.25) is 0 Å². The Morgan fingerprint density at radius 1 is 1.35 bits per heavy atom. The van der Waals surface area contributed by atoms with Crippen LogP contribution in [0.5, 0.6) is 0 Å². The number of carboxylic acid groups (broad SMARTS) is 1.